The van der Waals surface area contributed by atoms with Crippen LogP contribution in [-0.2, 0) is 16.1 Å². The van der Waals surface area contributed by atoms with E-state index in [1.165, 1.54) is 7.11 Å². The van der Waals surface area contributed by atoms with Gasteiger partial charge in [0.05, 0.1) is 0 Å². The predicted molar refractivity (Wildman–Crippen MR) is 93.4 cm³/mol. The van der Waals surface area contributed by atoms with Gasteiger partial charge in [0.1, 0.15) is 12.4 Å². The molecule has 6 heteroatoms. The molecule has 1 aliphatic rings. The molecule has 1 amide bonds. The van der Waals surface area contributed by atoms with E-state index in [0.717, 1.165) is 24.2 Å². The molecule has 2 aromatic rings. The first kappa shape index (κ1) is 17.5. The van der Waals surface area contributed by atoms with E-state index >= 15 is 0 Å². The van der Waals surface area contributed by atoms with Crippen molar-refractivity contribution in [3.8, 4) is 11.1 Å². The highest BCUT2D eigenvalue weighted by molar-refractivity contribution is 5.77. The number of pyridine rings is 1. The Hall–Kier alpha value is -2.31. The lowest BCUT2D eigenvalue weighted by Gasteiger charge is -2.34. The molecule has 0 atom stereocenters. The summed E-state index contributed by atoms with van der Waals surface area (Å²) in [5.74, 6) is -0.192. The summed E-state index contributed by atoms with van der Waals surface area (Å²) in [6.07, 6.45) is 3.40. The van der Waals surface area contributed by atoms with Gasteiger partial charge in [-0.15, -0.1) is 0 Å². The minimum absolute atomic E-state index is 0.00929. The fraction of sp³-hybridized carbons (Fsp3) is 0.368. The summed E-state index contributed by atoms with van der Waals surface area (Å²) in [5, 5.41) is 0. The van der Waals surface area contributed by atoms with E-state index in [4.69, 9.17) is 4.74 Å². The first-order chi connectivity index (χ1) is 12.2. The molecule has 5 nitrogen and oxygen atoms in total. The summed E-state index contributed by atoms with van der Waals surface area (Å²) in [7, 11) is 1.52. The number of nitrogens with zero attached hydrogens (tertiary/aromatic N) is 3. The number of hydrogen-bond acceptors (Lipinski definition) is 4. The molecule has 0 radical (unpaired) electrons. The summed E-state index contributed by atoms with van der Waals surface area (Å²) in [6, 6.07) is 9.08. The summed E-state index contributed by atoms with van der Waals surface area (Å²) >= 11 is 0. The Kier molecular flexibility index (Phi) is 5.73. The zero-order chi connectivity index (χ0) is 17.6. The number of rotatable bonds is 5. The number of benzene rings is 1. The van der Waals surface area contributed by atoms with Gasteiger partial charge in [0.15, 0.2) is 0 Å². The normalized spacial score (nSPS) is 15.4. The van der Waals surface area contributed by atoms with Crippen molar-refractivity contribution in [3.05, 3.63) is 54.1 Å². The van der Waals surface area contributed by atoms with Crippen molar-refractivity contribution < 1.29 is 13.9 Å². The Morgan fingerprint density at radius 3 is 2.48 bits per heavy atom. The van der Waals surface area contributed by atoms with E-state index < -0.39 is 0 Å². The molecule has 132 valence electrons. The number of aromatic nitrogens is 1. The molecule has 0 saturated carbocycles. The van der Waals surface area contributed by atoms with Crippen molar-refractivity contribution >= 4 is 5.91 Å². The van der Waals surface area contributed by atoms with E-state index in [0.29, 0.717) is 25.2 Å². The van der Waals surface area contributed by atoms with E-state index in [2.05, 4.69) is 9.88 Å². The van der Waals surface area contributed by atoms with E-state index in [-0.39, 0.29) is 18.3 Å². The molecule has 0 unspecified atom stereocenters. The second-order valence-electron chi connectivity index (χ2n) is 6.13. The molecule has 25 heavy (non-hydrogen) atoms. The van der Waals surface area contributed by atoms with Crippen molar-refractivity contribution in [2.75, 3.05) is 39.9 Å². The maximum atomic E-state index is 14.5. The summed E-state index contributed by atoms with van der Waals surface area (Å²) in [6.45, 7) is 3.44. The second-order valence-corrected chi connectivity index (χ2v) is 6.13. The maximum absolute atomic E-state index is 14.5. The molecule has 2 heterocycles. The van der Waals surface area contributed by atoms with Gasteiger partial charge in [-0.25, -0.2) is 4.39 Å². The Labute approximate surface area is 147 Å². The van der Waals surface area contributed by atoms with Gasteiger partial charge < -0.3 is 9.64 Å². The van der Waals surface area contributed by atoms with E-state index in [1.54, 1.807) is 23.4 Å². The number of ether oxygens (including phenoxy) is 1. The van der Waals surface area contributed by atoms with Gasteiger partial charge in [0, 0.05) is 57.8 Å². The van der Waals surface area contributed by atoms with Crippen molar-refractivity contribution in [1.29, 1.82) is 0 Å². The summed E-state index contributed by atoms with van der Waals surface area (Å²) in [4.78, 5) is 19.8. The van der Waals surface area contributed by atoms with Gasteiger partial charge in [-0.1, -0.05) is 12.1 Å². The first-order valence-electron chi connectivity index (χ1n) is 8.35. The Morgan fingerprint density at radius 2 is 1.84 bits per heavy atom. The van der Waals surface area contributed by atoms with Crippen molar-refractivity contribution in [1.82, 2.24) is 14.8 Å². The Balaban J connectivity index is 1.60. The van der Waals surface area contributed by atoms with Gasteiger partial charge in [0.25, 0.3) is 0 Å². The number of carbonyl (C=O) groups is 1. The highest BCUT2D eigenvalue weighted by atomic mass is 19.1. The molecule has 1 aromatic heterocycles. The number of piperazine rings is 1. The van der Waals surface area contributed by atoms with Gasteiger partial charge in [-0.2, -0.15) is 0 Å². The van der Waals surface area contributed by atoms with Crippen molar-refractivity contribution in [2.24, 2.45) is 0 Å². The monoisotopic (exact) mass is 343 g/mol. The molecule has 0 bridgehead atoms. The SMILES string of the molecule is COCC(=O)N1CCN(Cc2ccc(-c3ccncc3)cc2F)CC1. The molecule has 0 aliphatic carbocycles. The lowest BCUT2D eigenvalue weighted by Crippen LogP contribution is -2.49. The topological polar surface area (TPSA) is 45.7 Å². The van der Waals surface area contributed by atoms with Gasteiger partial charge in [0.2, 0.25) is 5.91 Å². The van der Waals surface area contributed by atoms with E-state index in [9.17, 15) is 9.18 Å². The Bertz CT molecular complexity index is 716. The smallest absolute Gasteiger partial charge is 0.248 e. The van der Waals surface area contributed by atoms with E-state index in [1.807, 2.05) is 24.3 Å². The lowest BCUT2D eigenvalue weighted by molar-refractivity contribution is -0.136. The Morgan fingerprint density at radius 1 is 1.12 bits per heavy atom. The molecule has 0 N–H and O–H groups in total. The first-order valence-corrected chi connectivity index (χ1v) is 8.35. The third-order valence-corrected chi connectivity index (χ3v) is 4.45. The largest absolute Gasteiger partial charge is 0.375 e. The molecule has 1 aromatic carbocycles. The molecule has 1 saturated heterocycles. The quantitative estimate of drug-likeness (QED) is 0.835. The van der Waals surface area contributed by atoms with Gasteiger partial charge in [-0.3, -0.25) is 14.7 Å². The molecular formula is C19H22FN3O2. The van der Waals surface area contributed by atoms with Crippen LogP contribution in [0.1, 0.15) is 5.56 Å². The summed E-state index contributed by atoms with van der Waals surface area (Å²) < 4.78 is 19.4. The molecule has 0 spiro atoms. The van der Waals surface area contributed by atoms with Crippen LogP contribution in [0.4, 0.5) is 4.39 Å². The van der Waals surface area contributed by atoms with Crippen LogP contribution < -0.4 is 0 Å². The standard InChI is InChI=1S/C19H22FN3O2/c1-25-14-19(24)23-10-8-22(9-11-23)13-17-3-2-16(12-18(17)20)15-4-6-21-7-5-15/h2-7,12H,8-11,13-14H2,1H3. The van der Waals surface area contributed by atoms with Crippen LogP contribution in [0, 0.1) is 5.82 Å². The molecular weight excluding hydrogens is 321 g/mol. The van der Waals surface area contributed by atoms with Gasteiger partial charge >= 0.3 is 0 Å². The van der Waals surface area contributed by atoms with Crippen LogP contribution in [0.5, 0.6) is 0 Å². The predicted octanol–water partition coefficient (Wildman–Crippen LogP) is 2.18. The number of carbonyl (C=O) groups excluding carboxylic acids is 1. The van der Waals surface area contributed by atoms with Crippen molar-refractivity contribution in [2.45, 2.75) is 6.54 Å². The van der Waals surface area contributed by atoms with Crippen LogP contribution in [-0.4, -0.2) is 60.6 Å². The highest BCUT2D eigenvalue weighted by Gasteiger charge is 2.21. The zero-order valence-electron chi connectivity index (χ0n) is 14.3. The summed E-state index contributed by atoms with van der Waals surface area (Å²) in [5.41, 5.74) is 2.47. The average Bonchev–Trinajstić information content (AvgIpc) is 2.65. The number of methoxy groups -OCH3 is 1. The number of halogens is 1. The third-order valence-electron chi connectivity index (χ3n) is 4.45. The minimum Gasteiger partial charge on any atom is -0.375 e. The fourth-order valence-electron chi connectivity index (χ4n) is 3.01. The van der Waals surface area contributed by atoms with Crippen LogP contribution in [0.25, 0.3) is 11.1 Å². The fourth-order valence-corrected chi connectivity index (χ4v) is 3.01. The van der Waals surface area contributed by atoms with Crippen LogP contribution in [0.2, 0.25) is 0 Å². The number of hydrogen-bond donors (Lipinski definition) is 0. The maximum Gasteiger partial charge on any atom is 0.248 e. The minimum atomic E-state index is -0.202. The zero-order valence-corrected chi connectivity index (χ0v) is 14.3. The molecule has 1 fully saturated rings. The molecule has 3 rings (SSSR count). The number of amides is 1. The molecule has 1 aliphatic heterocycles. The second kappa shape index (κ2) is 8.18. The van der Waals surface area contributed by atoms with Crippen LogP contribution in [0.3, 0.4) is 0 Å². The van der Waals surface area contributed by atoms with Crippen LogP contribution >= 0.6 is 0 Å². The van der Waals surface area contributed by atoms with Crippen molar-refractivity contribution in [3.63, 3.8) is 0 Å². The third kappa shape index (κ3) is 4.41. The highest BCUT2D eigenvalue weighted by Crippen LogP contribution is 2.22. The lowest BCUT2D eigenvalue weighted by atomic mass is 10.0. The van der Waals surface area contributed by atoms with Gasteiger partial charge in [-0.05, 0) is 29.3 Å². The average molecular weight is 343 g/mol. The van der Waals surface area contributed by atoms with Crippen LogP contribution in [0.15, 0.2) is 42.7 Å².